The van der Waals surface area contributed by atoms with Crippen molar-refractivity contribution in [2.75, 3.05) is 13.2 Å². The van der Waals surface area contributed by atoms with E-state index in [1.54, 1.807) is 6.92 Å². The highest BCUT2D eigenvalue weighted by molar-refractivity contribution is 5.75. The van der Waals surface area contributed by atoms with Gasteiger partial charge < -0.3 is 14.3 Å². The number of hydrogen-bond acceptors (Lipinski definition) is 5. The Kier molecular flexibility index (Phi) is 21.8. The molecule has 0 spiro atoms. The molecule has 0 aromatic heterocycles. The van der Waals surface area contributed by atoms with E-state index in [4.69, 9.17) is 9.47 Å². The average Bonchev–Trinajstić information content (AvgIpc) is 2.75. The lowest BCUT2D eigenvalue weighted by molar-refractivity contribution is -0.147. The summed E-state index contributed by atoms with van der Waals surface area (Å²) in [5.41, 5.74) is 0. The molecule has 0 aliphatic heterocycles. The van der Waals surface area contributed by atoms with Crippen molar-refractivity contribution in [1.29, 1.82) is 0 Å². The smallest absolute Gasteiger partial charge is 0.306 e. The lowest BCUT2D eigenvalue weighted by atomic mass is 9.93. The van der Waals surface area contributed by atoms with Crippen LogP contribution in [-0.4, -0.2) is 30.9 Å². The van der Waals surface area contributed by atoms with Crippen molar-refractivity contribution in [2.45, 2.75) is 136 Å². The lowest BCUT2D eigenvalue weighted by Gasteiger charge is -2.16. The standard InChI is InChI=1S/C27H50O5/c1-4-6-8-10-12-14-21-31-26(29)20-19-25(18-16-17-24(3)28)23-27(30)32-22-15-13-11-9-7-5-2/h25H,4-23H2,1-3H3. The Morgan fingerprint density at radius 1 is 0.594 bits per heavy atom. The van der Waals surface area contributed by atoms with Gasteiger partial charge in [0.2, 0.25) is 0 Å². The first-order chi connectivity index (χ1) is 15.5. The van der Waals surface area contributed by atoms with Gasteiger partial charge in [-0.05, 0) is 44.9 Å². The SMILES string of the molecule is CCCCCCCCOC(=O)CCC(CCCC(C)=O)CC(=O)OCCCCCCCC. The van der Waals surface area contributed by atoms with Crippen LogP contribution < -0.4 is 0 Å². The van der Waals surface area contributed by atoms with E-state index in [2.05, 4.69) is 13.8 Å². The highest BCUT2D eigenvalue weighted by atomic mass is 16.5. The van der Waals surface area contributed by atoms with Gasteiger partial charge in [0, 0.05) is 19.3 Å². The molecule has 0 aliphatic rings. The Labute approximate surface area is 197 Å². The van der Waals surface area contributed by atoms with E-state index in [0.29, 0.717) is 38.9 Å². The molecule has 5 heteroatoms. The molecule has 0 heterocycles. The normalized spacial score (nSPS) is 11.8. The number of Topliss-reactive ketones (excluding diaryl/α,β-unsaturated/α-hetero) is 1. The van der Waals surface area contributed by atoms with Gasteiger partial charge in [-0.25, -0.2) is 0 Å². The molecule has 1 unspecified atom stereocenters. The number of carbonyl (C=O) groups excluding carboxylic acids is 3. The molecule has 0 bridgehead atoms. The van der Waals surface area contributed by atoms with Gasteiger partial charge in [-0.15, -0.1) is 0 Å². The van der Waals surface area contributed by atoms with Gasteiger partial charge in [0.1, 0.15) is 5.78 Å². The summed E-state index contributed by atoms with van der Waals surface area (Å²) in [6.45, 7) is 6.95. The topological polar surface area (TPSA) is 69.7 Å². The number of carbonyl (C=O) groups is 3. The number of ketones is 1. The Morgan fingerprint density at radius 3 is 1.62 bits per heavy atom. The maximum atomic E-state index is 12.2. The zero-order chi connectivity index (χ0) is 23.9. The molecule has 0 saturated carbocycles. The molecular formula is C27H50O5. The Morgan fingerprint density at radius 2 is 1.09 bits per heavy atom. The van der Waals surface area contributed by atoms with Gasteiger partial charge in [0.05, 0.1) is 13.2 Å². The molecule has 0 saturated heterocycles. The van der Waals surface area contributed by atoms with Crippen LogP contribution in [0.5, 0.6) is 0 Å². The van der Waals surface area contributed by atoms with Crippen LogP contribution in [-0.2, 0) is 23.9 Å². The highest BCUT2D eigenvalue weighted by Crippen LogP contribution is 2.20. The fraction of sp³-hybridized carbons (Fsp3) is 0.889. The summed E-state index contributed by atoms with van der Waals surface area (Å²) in [4.78, 5) is 35.6. The summed E-state index contributed by atoms with van der Waals surface area (Å²) >= 11 is 0. The van der Waals surface area contributed by atoms with E-state index in [0.717, 1.165) is 38.5 Å². The first-order valence-electron chi connectivity index (χ1n) is 13.3. The minimum atomic E-state index is -0.188. The summed E-state index contributed by atoms with van der Waals surface area (Å²) in [7, 11) is 0. The maximum absolute atomic E-state index is 12.2. The average molecular weight is 455 g/mol. The fourth-order valence-corrected chi connectivity index (χ4v) is 3.81. The minimum Gasteiger partial charge on any atom is -0.466 e. The molecule has 0 amide bonds. The van der Waals surface area contributed by atoms with Gasteiger partial charge in [-0.3, -0.25) is 9.59 Å². The van der Waals surface area contributed by atoms with Crippen LogP contribution in [0.3, 0.4) is 0 Å². The van der Waals surface area contributed by atoms with Crippen LogP contribution in [0.1, 0.15) is 136 Å². The summed E-state index contributed by atoms with van der Waals surface area (Å²) in [5, 5.41) is 0. The van der Waals surface area contributed by atoms with Crippen LogP contribution in [0, 0.1) is 5.92 Å². The quantitative estimate of drug-likeness (QED) is 0.119. The molecule has 5 nitrogen and oxygen atoms in total. The van der Waals surface area contributed by atoms with Crippen LogP contribution in [0.15, 0.2) is 0 Å². The first-order valence-corrected chi connectivity index (χ1v) is 13.3. The molecule has 0 aromatic rings. The number of hydrogen-bond donors (Lipinski definition) is 0. The molecule has 0 aromatic carbocycles. The molecule has 32 heavy (non-hydrogen) atoms. The van der Waals surface area contributed by atoms with E-state index < -0.39 is 0 Å². The molecule has 1 atom stereocenters. The summed E-state index contributed by atoms with van der Waals surface area (Å²) in [6, 6.07) is 0. The predicted octanol–water partition coefficient (Wildman–Crippen LogP) is 7.34. The number of unbranched alkanes of at least 4 members (excludes halogenated alkanes) is 10. The second-order valence-corrected chi connectivity index (χ2v) is 9.18. The molecule has 188 valence electrons. The van der Waals surface area contributed by atoms with Crippen LogP contribution in [0.4, 0.5) is 0 Å². The van der Waals surface area contributed by atoms with Gasteiger partial charge in [-0.2, -0.15) is 0 Å². The van der Waals surface area contributed by atoms with Crippen molar-refractivity contribution >= 4 is 17.7 Å². The Balaban J connectivity index is 4.11. The number of rotatable bonds is 23. The molecular weight excluding hydrogens is 404 g/mol. The third kappa shape index (κ3) is 21.8. The third-order valence-corrected chi connectivity index (χ3v) is 5.88. The van der Waals surface area contributed by atoms with E-state index in [1.165, 1.54) is 51.4 Å². The zero-order valence-corrected chi connectivity index (χ0v) is 21.3. The monoisotopic (exact) mass is 454 g/mol. The van der Waals surface area contributed by atoms with E-state index >= 15 is 0 Å². The largest absolute Gasteiger partial charge is 0.466 e. The first kappa shape index (κ1) is 30.6. The van der Waals surface area contributed by atoms with E-state index in [1.807, 2.05) is 0 Å². The van der Waals surface area contributed by atoms with Gasteiger partial charge in [0.15, 0.2) is 0 Å². The van der Waals surface area contributed by atoms with E-state index in [-0.39, 0.29) is 23.6 Å². The van der Waals surface area contributed by atoms with Crippen molar-refractivity contribution < 1.29 is 23.9 Å². The van der Waals surface area contributed by atoms with E-state index in [9.17, 15) is 14.4 Å². The Bertz CT molecular complexity index is 475. The van der Waals surface area contributed by atoms with Crippen LogP contribution >= 0.6 is 0 Å². The Hall–Kier alpha value is -1.39. The van der Waals surface area contributed by atoms with Crippen molar-refractivity contribution in [1.82, 2.24) is 0 Å². The van der Waals surface area contributed by atoms with Gasteiger partial charge in [0.25, 0.3) is 0 Å². The van der Waals surface area contributed by atoms with Crippen molar-refractivity contribution in [2.24, 2.45) is 5.92 Å². The maximum Gasteiger partial charge on any atom is 0.306 e. The summed E-state index contributed by atoms with van der Waals surface area (Å²) in [5.74, 6) is -0.150. The molecule has 0 radical (unpaired) electrons. The van der Waals surface area contributed by atoms with Gasteiger partial charge >= 0.3 is 11.9 Å². The molecule has 0 rings (SSSR count). The summed E-state index contributed by atoms with van der Waals surface area (Å²) in [6.07, 6.45) is 17.2. The van der Waals surface area contributed by atoms with Gasteiger partial charge in [-0.1, -0.05) is 78.1 Å². The molecule has 0 aliphatic carbocycles. The minimum absolute atomic E-state index is 0.0630. The fourth-order valence-electron chi connectivity index (χ4n) is 3.81. The molecule has 0 N–H and O–H groups in total. The van der Waals surface area contributed by atoms with Crippen LogP contribution in [0.2, 0.25) is 0 Å². The van der Waals surface area contributed by atoms with Crippen molar-refractivity contribution in [3.8, 4) is 0 Å². The predicted molar refractivity (Wildman–Crippen MR) is 131 cm³/mol. The second-order valence-electron chi connectivity index (χ2n) is 9.18. The molecule has 0 fully saturated rings. The lowest BCUT2D eigenvalue weighted by Crippen LogP contribution is -2.15. The van der Waals surface area contributed by atoms with Crippen molar-refractivity contribution in [3.05, 3.63) is 0 Å². The highest BCUT2D eigenvalue weighted by Gasteiger charge is 2.17. The number of ether oxygens (including phenoxy) is 2. The van der Waals surface area contributed by atoms with Crippen molar-refractivity contribution in [3.63, 3.8) is 0 Å². The number of esters is 2. The second kappa shape index (κ2) is 22.8. The third-order valence-electron chi connectivity index (χ3n) is 5.88. The summed E-state index contributed by atoms with van der Waals surface area (Å²) < 4.78 is 10.8. The zero-order valence-electron chi connectivity index (χ0n) is 21.3. The van der Waals surface area contributed by atoms with Crippen LogP contribution in [0.25, 0.3) is 0 Å².